The molecule has 1 fully saturated rings. The van der Waals surface area contributed by atoms with Gasteiger partial charge in [0.05, 0.1) is 12.6 Å². The van der Waals surface area contributed by atoms with Crippen molar-refractivity contribution < 1.29 is 4.74 Å². The molecule has 1 aromatic rings. The van der Waals surface area contributed by atoms with E-state index in [1.807, 2.05) is 0 Å². The Hall–Kier alpha value is 0.0600. The first-order valence-electron chi connectivity index (χ1n) is 6.42. The minimum atomic E-state index is 0.322. The maximum atomic E-state index is 5.94. The molecule has 1 saturated heterocycles. The number of hydrogen-bond donors (Lipinski definition) is 1. The molecule has 0 radical (unpaired) electrons. The van der Waals surface area contributed by atoms with Crippen molar-refractivity contribution in [2.75, 3.05) is 33.4 Å². The van der Waals surface area contributed by atoms with Gasteiger partial charge in [-0.05, 0) is 47.8 Å². The van der Waals surface area contributed by atoms with Gasteiger partial charge in [-0.25, -0.2) is 0 Å². The van der Waals surface area contributed by atoms with E-state index in [0.29, 0.717) is 18.5 Å². The molecule has 1 aliphatic rings. The van der Waals surface area contributed by atoms with Crippen LogP contribution in [0.4, 0.5) is 0 Å². The third-order valence-electron chi connectivity index (χ3n) is 3.47. The SMILES string of the molecule is CN(CC1CCCOC1)C(CN)c1cc(Br)cs1. The summed E-state index contributed by atoms with van der Waals surface area (Å²) in [6.45, 7) is 3.56. The van der Waals surface area contributed by atoms with Gasteiger partial charge in [-0.3, -0.25) is 4.90 Å². The molecule has 2 heterocycles. The summed E-state index contributed by atoms with van der Waals surface area (Å²) in [6.07, 6.45) is 2.46. The first-order chi connectivity index (χ1) is 8.70. The molecule has 2 N–H and O–H groups in total. The van der Waals surface area contributed by atoms with E-state index in [0.717, 1.165) is 24.2 Å². The van der Waals surface area contributed by atoms with Crippen LogP contribution in [0.25, 0.3) is 0 Å². The summed E-state index contributed by atoms with van der Waals surface area (Å²) in [5, 5.41) is 2.12. The van der Waals surface area contributed by atoms with Gasteiger partial charge in [0, 0.05) is 34.4 Å². The average molecular weight is 333 g/mol. The molecule has 3 nitrogen and oxygen atoms in total. The number of rotatable bonds is 5. The highest BCUT2D eigenvalue weighted by Gasteiger charge is 2.22. The van der Waals surface area contributed by atoms with Crippen molar-refractivity contribution in [2.45, 2.75) is 18.9 Å². The number of halogens is 1. The second-order valence-electron chi connectivity index (χ2n) is 4.94. The zero-order valence-electron chi connectivity index (χ0n) is 10.8. The van der Waals surface area contributed by atoms with Gasteiger partial charge < -0.3 is 10.5 Å². The standard InChI is InChI=1S/C13H21BrN2OS/c1-16(7-10-3-2-4-17-8-10)12(6-15)13-5-11(14)9-18-13/h5,9-10,12H,2-4,6-8,15H2,1H3. The topological polar surface area (TPSA) is 38.5 Å². The Morgan fingerprint density at radius 3 is 3.06 bits per heavy atom. The lowest BCUT2D eigenvalue weighted by atomic mass is 10.0. The smallest absolute Gasteiger partial charge is 0.0562 e. The summed E-state index contributed by atoms with van der Waals surface area (Å²) in [4.78, 5) is 3.71. The Kier molecular flexibility index (Phi) is 5.63. The van der Waals surface area contributed by atoms with Crippen LogP contribution in [0, 0.1) is 5.92 Å². The van der Waals surface area contributed by atoms with Crippen LogP contribution < -0.4 is 5.73 Å². The van der Waals surface area contributed by atoms with Gasteiger partial charge in [0.25, 0.3) is 0 Å². The Labute approximate surface area is 121 Å². The van der Waals surface area contributed by atoms with Crippen molar-refractivity contribution in [3.05, 3.63) is 20.8 Å². The lowest BCUT2D eigenvalue weighted by Gasteiger charge is -2.31. The zero-order chi connectivity index (χ0) is 13.0. The van der Waals surface area contributed by atoms with Crippen LogP contribution in [0.1, 0.15) is 23.8 Å². The van der Waals surface area contributed by atoms with Crippen molar-refractivity contribution in [2.24, 2.45) is 11.7 Å². The summed E-state index contributed by atoms with van der Waals surface area (Å²) in [5.41, 5.74) is 5.94. The quantitative estimate of drug-likeness (QED) is 0.900. The fourth-order valence-electron chi connectivity index (χ4n) is 2.50. The summed E-state index contributed by atoms with van der Waals surface area (Å²) < 4.78 is 6.69. The maximum Gasteiger partial charge on any atom is 0.0562 e. The Morgan fingerprint density at radius 1 is 1.67 bits per heavy atom. The average Bonchev–Trinajstić information content (AvgIpc) is 2.78. The lowest BCUT2D eigenvalue weighted by molar-refractivity contribution is 0.0367. The second-order valence-corrected chi connectivity index (χ2v) is 6.80. The van der Waals surface area contributed by atoms with Crippen LogP contribution in [0.2, 0.25) is 0 Å². The molecule has 0 amide bonds. The van der Waals surface area contributed by atoms with Gasteiger partial charge in [-0.1, -0.05) is 0 Å². The Bertz CT molecular complexity index is 366. The summed E-state index contributed by atoms with van der Waals surface area (Å²) in [6, 6.07) is 2.50. The van der Waals surface area contributed by atoms with Gasteiger partial charge in [-0.15, -0.1) is 11.3 Å². The number of likely N-dealkylation sites (N-methyl/N-ethyl adjacent to an activating group) is 1. The van der Waals surface area contributed by atoms with E-state index >= 15 is 0 Å². The molecular formula is C13H21BrN2OS. The largest absolute Gasteiger partial charge is 0.381 e. The normalized spacial score (nSPS) is 22.3. The van der Waals surface area contributed by atoms with Crippen LogP contribution in [0.15, 0.2) is 15.9 Å². The van der Waals surface area contributed by atoms with Crippen LogP contribution in [-0.2, 0) is 4.74 Å². The summed E-state index contributed by atoms with van der Waals surface area (Å²) in [5.74, 6) is 0.654. The molecule has 0 aliphatic carbocycles. The molecule has 0 aromatic carbocycles. The first-order valence-corrected chi connectivity index (χ1v) is 8.10. The molecule has 0 spiro atoms. The van der Waals surface area contributed by atoms with Crippen LogP contribution in [-0.4, -0.2) is 38.3 Å². The number of hydrogen-bond acceptors (Lipinski definition) is 4. The highest BCUT2D eigenvalue weighted by Crippen LogP contribution is 2.29. The summed E-state index contributed by atoms with van der Waals surface area (Å²) in [7, 11) is 2.17. The predicted octanol–water partition coefficient (Wildman–Crippen LogP) is 2.87. The van der Waals surface area contributed by atoms with Crippen molar-refractivity contribution in [1.82, 2.24) is 4.90 Å². The van der Waals surface area contributed by atoms with E-state index in [9.17, 15) is 0 Å². The highest BCUT2D eigenvalue weighted by molar-refractivity contribution is 9.10. The molecule has 2 unspecified atom stereocenters. The van der Waals surface area contributed by atoms with Gasteiger partial charge in [0.15, 0.2) is 0 Å². The minimum Gasteiger partial charge on any atom is -0.381 e. The van der Waals surface area contributed by atoms with Crippen molar-refractivity contribution >= 4 is 27.3 Å². The number of ether oxygens (including phenoxy) is 1. The molecular weight excluding hydrogens is 312 g/mol. The van der Waals surface area contributed by atoms with E-state index in [-0.39, 0.29) is 0 Å². The summed E-state index contributed by atoms with van der Waals surface area (Å²) >= 11 is 5.28. The van der Waals surface area contributed by atoms with Crippen LogP contribution in [0.5, 0.6) is 0 Å². The third kappa shape index (κ3) is 3.78. The molecule has 1 aliphatic heterocycles. The van der Waals surface area contributed by atoms with Crippen molar-refractivity contribution in [1.29, 1.82) is 0 Å². The maximum absolute atomic E-state index is 5.94. The van der Waals surface area contributed by atoms with E-state index in [1.165, 1.54) is 17.7 Å². The van der Waals surface area contributed by atoms with Crippen molar-refractivity contribution in [3.63, 3.8) is 0 Å². The number of thiophene rings is 1. The van der Waals surface area contributed by atoms with Crippen LogP contribution >= 0.6 is 27.3 Å². The lowest BCUT2D eigenvalue weighted by Crippen LogP contribution is -2.36. The molecule has 0 bridgehead atoms. The first kappa shape index (κ1) is 14.5. The highest BCUT2D eigenvalue weighted by atomic mass is 79.9. The number of nitrogens with zero attached hydrogens (tertiary/aromatic N) is 1. The second kappa shape index (κ2) is 7.01. The molecule has 0 saturated carbocycles. The van der Waals surface area contributed by atoms with Crippen LogP contribution in [0.3, 0.4) is 0 Å². The minimum absolute atomic E-state index is 0.322. The molecule has 2 atom stereocenters. The monoisotopic (exact) mass is 332 g/mol. The Morgan fingerprint density at radius 2 is 2.50 bits per heavy atom. The predicted molar refractivity (Wildman–Crippen MR) is 80.0 cm³/mol. The molecule has 102 valence electrons. The van der Waals surface area contributed by atoms with E-state index in [1.54, 1.807) is 11.3 Å². The third-order valence-corrected chi connectivity index (χ3v) is 5.27. The number of nitrogens with two attached hydrogens (primary N) is 1. The molecule has 2 rings (SSSR count). The van der Waals surface area contributed by atoms with Gasteiger partial charge >= 0.3 is 0 Å². The Balaban J connectivity index is 1.94. The molecule has 18 heavy (non-hydrogen) atoms. The van der Waals surface area contributed by atoms with Gasteiger partial charge in [0.1, 0.15) is 0 Å². The van der Waals surface area contributed by atoms with E-state index < -0.39 is 0 Å². The van der Waals surface area contributed by atoms with Gasteiger partial charge in [-0.2, -0.15) is 0 Å². The fraction of sp³-hybridized carbons (Fsp3) is 0.692. The van der Waals surface area contributed by atoms with E-state index in [4.69, 9.17) is 10.5 Å². The van der Waals surface area contributed by atoms with Crippen molar-refractivity contribution in [3.8, 4) is 0 Å². The fourth-order valence-corrected chi connectivity index (χ4v) is 4.13. The molecule has 1 aromatic heterocycles. The zero-order valence-corrected chi connectivity index (χ0v) is 13.2. The molecule has 5 heteroatoms. The van der Waals surface area contributed by atoms with E-state index in [2.05, 4.69) is 39.3 Å². The van der Waals surface area contributed by atoms with Gasteiger partial charge in [0.2, 0.25) is 0 Å².